The highest BCUT2D eigenvalue weighted by molar-refractivity contribution is 6.30. The molecule has 0 spiro atoms. The largest absolute Gasteiger partial charge is 0.480 e. The van der Waals surface area contributed by atoms with E-state index < -0.39 is 11.9 Å². The van der Waals surface area contributed by atoms with Gasteiger partial charge in [-0.25, -0.2) is 4.39 Å². The van der Waals surface area contributed by atoms with Gasteiger partial charge in [0, 0.05) is 11.4 Å². The SMILES string of the molecule is Cc1ccc(NC(=O)[C@@H]2Cc3cc(Cl)ccc3O2)c(F)c1. The van der Waals surface area contributed by atoms with Crippen LogP contribution in [0.3, 0.4) is 0 Å². The smallest absolute Gasteiger partial charge is 0.265 e. The molecule has 0 radical (unpaired) electrons. The van der Waals surface area contributed by atoms with Crippen molar-refractivity contribution in [2.24, 2.45) is 0 Å². The lowest BCUT2D eigenvalue weighted by atomic mass is 10.1. The summed E-state index contributed by atoms with van der Waals surface area (Å²) < 4.78 is 19.3. The molecule has 0 unspecified atom stereocenters. The Morgan fingerprint density at radius 3 is 2.90 bits per heavy atom. The van der Waals surface area contributed by atoms with Crippen LogP contribution in [-0.4, -0.2) is 12.0 Å². The van der Waals surface area contributed by atoms with Crippen LogP contribution in [0.5, 0.6) is 5.75 Å². The van der Waals surface area contributed by atoms with Crippen molar-refractivity contribution < 1.29 is 13.9 Å². The molecule has 1 aliphatic heterocycles. The lowest BCUT2D eigenvalue weighted by Crippen LogP contribution is -2.31. The van der Waals surface area contributed by atoms with Crippen LogP contribution in [0.25, 0.3) is 0 Å². The minimum atomic E-state index is -0.667. The van der Waals surface area contributed by atoms with E-state index >= 15 is 0 Å². The summed E-state index contributed by atoms with van der Waals surface area (Å²) in [5.74, 6) is -0.184. The molecule has 0 saturated carbocycles. The fourth-order valence-corrected chi connectivity index (χ4v) is 2.49. The first kappa shape index (κ1) is 13.9. The van der Waals surface area contributed by atoms with Gasteiger partial charge in [0.15, 0.2) is 6.10 Å². The molecule has 1 amide bonds. The van der Waals surface area contributed by atoms with Gasteiger partial charge in [-0.3, -0.25) is 4.79 Å². The minimum absolute atomic E-state index is 0.156. The number of ether oxygens (including phenoxy) is 1. The molecule has 21 heavy (non-hydrogen) atoms. The zero-order valence-electron chi connectivity index (χ0n) is 11.3. The number of aryl methyl sites for hydroxylation is 1. The van der Waals surface area contributed by atoms with Crippen molar-refractivity contribution in [3.05, 3.63) is 58.4 Å². The number of fused-ring (bicyclic) bond motifs is 1. The van der Waals surface area contributed by atoms with Crippen molar-refractivity contribution in [2.75, 3.05) is 5.32 Å². The number of hydrogen-bond acceptors (Lipinski definition) is 2. The van der Waals surface area contributed by atoms with Crippen molar-refractivity contribution in [2.45, 2.75) is 19.4 Å². The maximum atomic E-state index is 13.7. The predicted octanol–water partition coefficient (Wildman–Crippen LogP) is 3.73. The predicted molar refractivity (Wildman–Crippen MR) is 79.3 cm³/mol. The van der Waals surface area contributed by atoms with Crippen LogP contribution in [0.1, 0.15) is 11.1 Å². The molecule has 2 aromatic rings. The van der Waals surface area contributed by atoms with Gasteiger partial charge >= 0.3 is 0 Å². The van der Waals surface area contributed by atoms with Gasteiger partial charge < -0.3 is 10.1 Å². The summed E-state index contributed by atoms with van der Waals surface area (Å²) in [6, 6.07) is 9.87. The van der Waals surface area contributed by atoms with Crippen molar-refractivity contribution in [3.8, 4) is 5.75 Å². The van der Waals surface area contributed by atoms with E-state index in [1.807, 2.05) is 0 Å². The van der Waals surface area contributed by atoms with E-state index in [9.17, 15) is 9.18 Å². The number of hydrogen-bond donors (Lipinski definition) is 1. The van der Waals surface area contributed by atoms with Crippen LogP contribution < -0.4 is 10.1 Å². The van der Waals surface area contributed by atoms with Crippen molar-refractivity contribution in [3.63, 3.8) is 0 Å². The Hall–Kier alpha value is -2.07. The Balaban J connectivity index is 1.73. The minimum Gasteiger partial charge on any atom is -0.480 e. The maximum absolute atomic E-state index is 13.7. The third-order valence-electron chi connectivity index (χ3n) is 3.37. The monoisotopic (exact) mass is 305 g/mol. The molecule has 1 aliphatic rings. The molecule has 0 aromatic heterocycles. The van der Waals surface area contributed by atoms with E-state index in [0.717, 1.165) is 11.1 Å². The highest BCUT2D eigenvalue weighted by Gasteiger charge is 2.29. The normalized spacial score (nSPS) is 16.2. The molecule has 0 saturated heterocycles. The van der Waals surface area contributed by atoms with Crippen LogP contribution in [0, 0.1) is 12.7 Å². The summed E-state index contributed by atoms with van der Waals surface area (Å²) in [5.41, 5.74) is 1.83. The number of carbonyl (C=O) groups is 1. The van der Waals surface area contributed by atoms with Gasteiger partial charge in [-0.05, 0) is 48.4 Å². The summed E-state index contributed by atoms with van der Waals surface area (Å²) >= 11 is 5.91. The first-order valence-electron chi connectivity index (χ1n) is 6.55. The fourth-order valence-electron chi connectivity index (χ4n) is 2.30. The molecule has 1 heterocycles. The van der Waals surface area contributed by atoms with Crippen LogP contribution >= 0.6 is 11.6 Å². The second-order valence-corrected chi connectivity index (χ2v) is 5.47. The maximum Gasteiger partial charge on any atom is 0.265 e. The number of nitrogens with one attached hydrogen (secondary N) is 1. The van der Waals surface area contributed by atoms with Gasteiger partial charge in [0.2, 0.25) is 0 Å². The molecule has 0 aliphatic carbocycles. The van der Waals surface area contributed by atoms with E-state index in [1.54, 1.807) is 37.3 Å². The Morgan fingerprint density at radius 1 is 1.33 bits per heavy atom. The van der Waals surface area contributed by atoms with E-state index in [1.165, 1.54) is 6.07 Å². The zero-order chi connectivity index (χ0) is 15.0. The molecule has 108 valence electrons. The van der Waals surface area contributed by atoms with Crippen LogP contribution in [0.2, 0.25) is 5.02 Å². The van der Waals surface area contributed by atoms with Gasteiger partial charge in [-0.2, -0.15) is 0 Å². The number of amides is 1. The van der Waals surface area contributed by atoms with Gasteiger partial charge in [0.05, 0.1) is 5.69 Å². The van der Waals surface area contributed by atoms with Crippen molar-refractivity contribution >= 4 is 23.2 Å². The lowest BCUT2D eigenvalue weighted by Gasteiger charge is -2.12. The average Bonchev–Trinajstić information content (AvgIpc) is 2.85. The van der Waals surface area contributed by atoms with Crippen LogP contribution in [0.15, 0.2) is 36.4 Å². The highest BCUT2D eigenvalue weighted by atomic mass is 35.5. The quantitative estimate of drug-likeness (QED) is 0.918. The van der Waals surface area contributed by atoms with E-state index in [-0.39, 0.29) is 11.6 Å². The van der Waals surface area contributed by atoms with Gasteiger partial charge in [0.25, 0.3) is 5.91 Å². The van der Waals surface area contributed by atoms with Gasteiger partial charge in [-0.15, -0.1) is 0 Å². The molecule has 1 N–H and O–H groups in total. The van der Waals surface area contributed by atoms with Crippen molar-refractivity contribution in [1.29, 1.82) is 0 Å². The van der Waals surface area contributed by atoms with Crippen molar-refractivity contribution in [1.82, 2.24) is 0 Å². The third kappa shape index (κ3) is 2.85. The second-order valence-electron chi connectivity index (χ2n) is 5.04. The average molecular weight is 306 g/mol. The number of anilines is 1. The number of carbonyl (C=O) groups excluding carboxylic acids is 1. The van der Waals surface area contributed by atoms with Crippen LogP contribution in [-0.2, 0) is 11.2 Å². The Labute approximate surface area is 126 Å². The second kappa shape index (κ2) is 5.37. The van der Waals surface area contributed by atoms with E-state index in [2.05, 4.69) is 5.32 Å². The first-order chi connectivity index (χ1) is 10.0. The van der Waals surface area contributed by atoms with Crippen LogP contribution in [0.4, 0.5) is 10.1 Å². The topological polar surface area (TPSA) is 38.3 Å². The van der Waals surface area contributed by atoms with E-state index in [4.69, 9.17) is 16.3 Å². The first-order valence-corrected chi connectivity index (χ1v) is 6.93. The summed E-state index contributed by atoms with van der Waals surface area (Å²) in [6.45, 7) is 1.79. The third-order valence-corrected chi connectivity index (χ3v) is 3.61. The lowest BCUT2D eigenvalue weighted by molar-refractivity contribution is -0.122. The summed E-state index contributed by atoms with van der Waals surface area (Å²) in [5, 5.41) is 3.16. The number of halogens is 2. The molecule has 3 nitrogen and oxygen atoms in total. The molecule has 0 fully saturated rings. The standard InChI is InChI=1S/C16H13ClFNO2/c1-9-2-4-13(12(18)6-9)19-16(20)15-8-10-7-11(17)3-5-14(10)21-15/h2-7,15H,8H2,1H3,(H,19,20)/t15-/m0/s1. The molecule has 5 heteroatoms. The molecule has 1 atom stereocenters. The zero-order valence-corrected chi connectivity index (χ0v) is 12.1. The van der Waals surface area contributed by atoms with Gasteiger partial charge in [-0.1, -0.05) is 17.7 Å². The molecular formula is C16H13ClFNO2. The number of rotatable bonds is 2. The number of benzene rings is 2. The highest BCUT2D eigenvalue weighted by Crippen LogP contribution is 2.31. The molecule has 3 rings (SSSR count). The van der Waals surface area contributed by atoms with Gasteiger partial charge in [0.1, 0.15) is 11.6 Å². The van der Waals surface area contributed by atoms with E-state index in [0.29, 0.717) is 17.2 Å². The molecule has 0 bridgehead atoms. The fraction of sp³-hybridized carbons (Fsp3) is 0.188. The summed E-state index contributed by atoms with van der Waals surface area (Å²) in [4.78, 5) is 12.2. The Morgan fingerprint density at radius 2 is 2.14 bits per heavy atom. The Kier molecular flexibility index (Phi) is 3.55. The summed E-state index contributed by atoms with van der Waals surface area (Å²) in [7, 11) is 0. The summed E-state index contributed by atoms with van der Waals surface area (Å²) in [6.07, 6.45) is -0.242. The molecule has 2 aromatic carbocycles. The Bertz CT molecular complexity index is 717. The molecular weight excluding hydrogens is 293 g/mol.